The van der Waals surface area contributed by atoms with Crippen LogP contribution in [0.1, 0.15) is 18.5 Å². The van der Waals surface area contributed by atoms with Crippen LogP contribution in [0.3, 0.4) is 0 Å². The average molecular weight is 355 g/mol. The summed E-state index contributed by atoms with van der Waals surface area (Å²) in [6, 6.07) is 14.7. The van der Waals surface area contributed by atoms with Gasteiger partial charge in [0.1, 0.15) is 0 Å². The fourth-order valence-electron chi connectivity index (χ4n) is 3.65. The van der Waals surface area contributed by atoms with Gasteiger partial charge < -0.3 is 4.90 Å². The molecule has 1 saturated heterocycles. The molecule has 1 aliphatic rings. The fourth-order valence-corrected chi connectivity index (χ4v) is 5.18. The summed E-state index contributed by atoms with van der Waals surface area (Å²) in [6.45, 7) is 1.06. The maximum absolute atomic E-state index is 13.3. The summed E-state index contributed by atoms with van der Waals surface area (Å²) in [5.41, 5.74) is 1.30. The summed E-state index contributed by atoms with van der Waals surface area (Å²) in [4.78, 5) is 6.96. The SMILES string of the molecule is CN1CCC[C@@H]1Cc1cc2cccnc2n1S(=O)(=O)c1ccccc1. The summed E-state index contributed by atoms with van der Waals surface area (Å²) < 4.78 is 28.0. The number of benzene rings is 1. The average Bonchev–Trinajstić information content (AvgIpc) is 3.19. The first-order valence-corrected chi connectivity index (χ1v) is 9.97. The van der Waals surface area contributed by atoms with Crippen molar-refractivity contribution >= 4 is 21.1 Å². The zero-order valence-electron chi connectivity index (χ0n) is 14.2. The van der Waals surface area contributed by atoms with Crippen LogP contribution in [0.5, 0.6) is 0 Å². The number of fused-ring (bicyclic) bond motifs is 1. The van der Waals surface area contributed by atoms with E-state index < -0.39 is 10.0 Å². The van der Waals surface area contributed by atoms with Crippen LogP contribution in [0.25, 0.3) is 11.0 Å². The molecule has 0 bridgehead atoms. The highest BCUT2D eigenvalue weighted by Crippen LogP contribution is 2.27. The molecule has 0 unspecified atom stereocenters. The van der Waals surface area contributed by atoms with Crippen molar-refractivity contribution in [1.29, 1.82) is 0 Å². The number of hydrogen-bond acceptors (Lipinski definition) is 4. The molecule has 2 aromatic heterocycles. The predicted molar refractivity (Wildman–Crippen MR) is 98.1 cm³/mol. The first kappa shape index (κ1) is 16.3. The van der Waals surface area contributed by atoms with Crippen LogP contribution in [0, 0.1) is 0 Å². The maximum atomic E-state index is 13.3. The molecule has 0 aliphatic carbocycles. The summed E-state index contributed by atoms with van der Waals surface area (Å²) in [6.07, 6.45) is 4.60. The number of nitrogens with zero attached hydrogens (tertiary/aromatic N) is 3. The second kappa shape index (κ2) is 6.28. The quantitative estimate of drug-likeness (QED) is 0.722. The van der Waals surface area contributed by atoms with E-state index in [9.17, 15) is 8.42 Å². The fraction of sp³-hybridized carbons (Fsp3) is 0.316. The van der Waals surface area contributed by atoms with Gasteiger partial charge in [-0.3, -0.25) is 0 Å². The second-order valence-corrected chi connectivity index (χ2v) is 8.40. The molecular weight excluding hydrogens is 334 g/mol. The van der Waals surface area contributed by atoms with Crippen LogP contribution >= 0.6 is 0 Å². The van der Waals surface area contributed by atoms with Gasteiger partial charge in [0, 0.05) is 29.7 Å². The molecule has 5 nitrogen and oxygen atoms in total. The molecule has 1 aromatic carbocycles. The Bertz CT molecular complexity index is 996. The molecule has 1 fully saturated rings. The van der Waals surface area contributed by atoms with E-state index >= 15 is 0 Å². The van der Waals surface area contributed by atoms with Gasteiger partial charge in [0.15, 0.2) is 5.65 Å². The Morgan fingerprint density at radius 2 is 1.96 bits per heavy atom. The van der Waals surface area contributed by atoms with Crippen molar-refractivity contribution in [3.05, 3.63) is 60.4 Å². The van der Waals surface area contributed by atoms with Crippen molar-refractivity contribution in [2.45, 2.75) is 30.2 Å². The minimum Gasteiger partial charge on any atom is -0.303 e. The van der Waals surface area contributed by atoms with Gasteiger partial charge in [-0.25, -0.2) is 17.4 Å². The van der Waals surface area contributed by atoms with Crippen LogP contribution in [0.15, 0.2) is 59.6 Å². The molecular formula is C19H21N3O2S. The first-order chi connectivity index (χ1) is 12.1. The molecule has 3 heterocycles. The molecule has 1 atom stereocenters. The monoisotopic (exact) mass is 355 g/mol. The first-order valence-electron chi connectivity index (χ1n) is 8.53. The zero-order chi connectivity index (χ0) is 17.4. The van der Waals surface area contributed by atoms with E-state index in [-0.39, 0.29) is 0 Å². The van der Waals surface area contributed by atoms with E-state index in [2.05, 4.69) is 16.9 Å². The van der Waals surface area contributed by atoms with Crippen LogP contribution in [0.4, 0.5) is 0 Å². The van der Waals surface area contributed by atoms with E-state index in [1.54, 1.807) is 30.5 Å². The third-order valence-corrected chi connectivity index (χ3v) is 6.75. The van der Waals surface area contributed by atoms with Gasteiger partial charge in [0.2, 0.25) is 0 Å². The maximum Gasteiger partial charge on any atom is 0.269 e. The third kappa shape index (κ3) is 2.85. The lowest BCUT2D eigenvalue weighted by Gasteiger charge is -2.20. The van der Waals surface area contributed by atoms with Gasteiger partial charge in [-0.2, -0.15) is 0 Å². The topological polar surface area (TPSA) is 55.2 Å². The lowest BCUT2D eigenvalue weighted by atomic mass is 10.1. The van der Waals surface area contributed by atoms with Crippen molar-refractivity contribution in [1.82, 2.24) is 13.9 Å². The van der Waals surface area contributed by atoms with E-state index in [0.29, 0.717) is 23.0 Å². The van der Waals surface area contributed by atoms with Gasteiger partial charge in [-0.05, 0) is 56.8 Å². The van der Waals surface area contributed by atoms with Crippen LogP contribution in [-0.4, -0.2) is 41.9 Å². The predicted octanol–water partition coefficient (Wildman–Crippen LogP) is 2.91. The van der Waals surface area contributed by atoms with E-state index in [1.807, 2.05) is 24.3 Å². The smallest absolute Gasteiger partial charge is 0.269 e. The number of aromatic nitrogens is 2. The highest BCUT2D eigenvalue weighted by atomic mass is 32.2. The molecule has 3 aromatic rings. The molecule has 0 saturated carbocycles. The number of pyridine rings is 1. The number of likely N-dealkylation sites (N-methyl/N-ethyl adjacent to an activating group) is 1. The van der Waals surface area contributed by atoms with Gasteiger partial charge in [0.05, 0.1) is 4.90 Å². The van der Waals surface area contributed by atoms with Gasteiger partial charge in [0.25, 0.3) is 10.0 Å². The summed E-state index contributed by atoms with van der Waals surface area (Å²) in [7, 11) is -1.57. The Morgan fingerprint density at radius 1 is 1.16 bits per heavy atom. The van der Waals surface area contributed by atoms with E-state index in [4.69, 9.17) is 0 Å². The van der Waals surface area contributed by atoms with Gasteiger partial charge >= 0.3 is 0 Å². The van der Waals surface area contributed by atoms with Gasteiger partial charge in [-0.15, -0.1) is 0 Å². The molecule has 6 heteroatoms. The van der Waals surface area contributed by atoms with Crippen molar-refractivity contribution in [2.75, 3.05) is 13.6 Å². The molecule has 0 spiro atoms. The Hall–Kier alpha value is -2.18. The number of rotatable bonds is 4. The van der Waals surface area contributed by atoms with Crippen molar-refractivity contribution < 1.29 is 8.42 Å². The lowest BCUT2D eigenvalue weighted by molar-refractivity contribution is 0.307. The van der Waals surface area contributed by atoms with E-state index in [0.717, 1.165) is 30.5 Å². The number of hydrogen-bond donors (Lipinski definition) is 0. The van der Waals surface area contributed by atoms with E-state index in [1.165, 1.54) is 3.97 Å². The second-order valence-electron chi connectivity index (χ2n) is 6.62. The highest BCUT2D eigenvalue weighted by Gasteiger charge is 2.28. The Balaban J connectivity index is 1.88. The molecule has 4 rings (SSSR count). The molecule has 0 radical (unpaired) electrons. The van der Waals surface area contributed by atoms with Crippen LogP contribution in [0.2, 0.25) is 0 Å². The molecule has 25 heavy (non-hydrogen) atoms. The standard InChI is InChI=1S/C19H21N3O2S/c1-21-12-6-8-16(21)14-17-13-15-7-5-11-20-19(15)22(17)25(23,24)18-9-3-2-4-10-18/h2-5,7,9-11,13,16H,6,8,12,14H2,1H3/t16-/m1/s1. The van der Waals surface area contributed by atoms with Crippen LogP contribution < -0.4 is 0 Å². The Morgan fingerprint density at radius 3 is 2.68 bits per heavy atom. The van der Waals surface area contributed by atoms with Crippen LogP contribution in [-0.2, 0) is 16.4 Å². The summed E-state index contributed by atoms with van der Waals surface area (Å²) >= 11 is 0. The van der Waals surface area contributed by atoms with Gasteiger partial charge in [-0.1, -0.05) is 18.2 Å². The Kier molecular flexibility index (Phi) is 4.09. The third-order valence-electron chi connectivity index (χ3n) is 4.99. The minimum absolute atomic E-state index is 0.291. The van der Waals surface area contributed by atoms with Crippen molar-refractivity contribution in [3.8, 4) is 0 Å². The molecule has 0 amide bonds. The number of likely N-dealkylation sites (tertiary alicyclic amines) is 1. The zero-order valence-corrected chi connectivity index (χ0v) is 15.0. The van der Waals surface area contributed by atoms with Crippen molar-refractivity contribution in [3.63, 3.8) is 0 Å². The molecule has 0 N–H and O–H groups in total. The molecule has 130 valence electrons. The largest absolute Gasteiger partial charge is 0.303 e. The van der Waals surface area contributed by atoms with Crippen molar-refractivity contribution in [2.24, 2.45) is 0 Å². The molecule has 1 aliphatic heterocycles. The normalized spacial score (nSPS) is 18.8. The summed E-state index contributed by atoms with van der Waals surface area (Å²) in [5.74, 6) is 0. The summed E-state index contributed by atoms with van der Waals surface area (Å²) in [5, 5.41) is 0.859. The highest BCUT2D eigenvalue weighted by molar-refractivity contribution is 7.90. The Labute approximate surface area is 148 Å². The lowest BCUT2D eigenvalue weighted by Crippen LogP contribution is -2.28. The minimum atomic E-state index is -3.68.